The molecule has 4 aliphatic carbocycles. The summed E-state index contributed by atoms with van der Waals surface area (Å²) in [6.45, 7) is 0. The topological polar surface area (TPSA) is 15.3 Å². The van der Waals surface area contributed by atoms with Crippen molar-refractivity contribution in [3.63, 3.8) is 0 Å². The summed E-state index contributed by atoms with van der Waals surface area (Å²) in [5.74, 6) is 0. The summed E-state index contributed by atoms with van der Waals surface area (Å²) in [6.07, 6.45) is 4.20. The summed E-state index contributed by atoms with van der Waals surface area (Å²) in [7, 11) is 0. The molecule has 0 aliphatic heterocycles. The largest absolute Gasteiger partial charge is 0.355 e. The second kappa shape index (κ2) is 10.1. The molecule has 4 aliphatic rings. The first-order valence-corrected chi connectivity index (χ1v) is 12.8. The van der Waals surface area contributed by atoms with Crippen molar-refractivity contribution in [3.05, 3.63) is 150 Å². The molecule has 0 unspecified atom stereocenters. The van der Waals surface area contributed by atoms with E-state index in [9.17, 15) is 0 Å². The predicted octanol–water partition coefficient (Wildman–Crippen LogP) is 8.78. The fraction of sp³-hybridized carbons (Fsp3) is 0.118. The van der Waals surface area contributed by atoms with Crippen LogP contribution in [-0.4, -0.2) is 0 Å². The third-order valence-corrected chi connectivity index (χ3v) is 7.02. The molecule has 2 heteroatoms. The van der Waals surface area contributed by atoms with Gasteiger partial charge in [0, 0.05) is 28.4 Å². The second-order valence-electron chi connectivity index (χ2n) is 9.49. The van der Waals surface area contributed by atoms with E-state index in [-0.39, 0.29) is 0 Å². The normalized spacial score (nSPS) is 12.6. The number of aryl methyl sites for hydroxylation is 4. The Bertz CT molecular complexity index is 1380. The lowest BCUT2D eigenvalue weighted by atomic mass is 9.95. The van der Waals surface area contributed by atoms with Crippen molar-refractivity contribution in [1.82, 2.24) is 0 Å². The fourth-order valence-electron chi connectivity index (χ4n) is 5.00. The average molecular weight is 467 g/mol. The van der Waals surface area contributed by atoms with Gasteiger partial charge in [0.1, 0.15) is 0 Å². The minimum Gasteiger partial charge on any atom is -0.355 e. The van der Waals surface area contributed by atoms with Crippen LogP contribution in [0, 0.1) is 0 Å². The van der Waals surface area contributed by atoms with Crippen molar-refractivity contribution in [2.45, 2.75) is 25.7 Å². The molecule has 0 amide bonds. The zero-order valence-electron chi connectivity index (χ0n) is 20.4. The zero-order chi connectivity index (χ0) is 24.2. The van der Waals surface area contributed by atoms with Crippen LogP contribution < -0.4 is 10.2 Å². The van der Waals surface area contributed by atoms with Gasteiger partial charge in [0.15, 0.2) is 0 Å². The van der Waals surface area contributed by atoms with E-state index >= 15 is 0 Å². The smallest absolute Gasteiger partial charge is 0.0463 e. The quantitative estimate of drug-likeness (QED) is 0.278. The van der Waals surface area contributed by atoms with Gasteiger partial charge in [-0.25, -0.2) is 0 Å². The average Bonchev–Trinajstić information content (AvgIpc) is 2.93. The van der Waals surface area contributed by atoms with E-state index < -0.39 is 0 Å². The molecule has 4 bridgehead atoms. The van der Waals surface area contributed by atoms with Gasteiger partial charge in [-0.3, -0.25) is 0 Å². The van der Waals surface area contributed by atoms with E-state index in [2.05, 4.69) is 138 Å². The number of hydrogen-bond donors (Lipinski definition) is 1. The SMILES string of the molecule is c1ccc(N(c2ccccc2)c2ccc(Nc3cc4ccc3CCc3ccc(cc3)CC4)cc2)cc1. The lowest BCUT2D eigenvalue weighted by Gasteiger charge is -2.25. The number of rotatable bonds is 5. The first-order chi connectivity index (χ1) is 17.8. The van der Waals surface area contributed by atoms with Gasteiger partial charge in [-0.05, 0) is 103 Å². The van der Waals surface area contributed by atoms with Crippen LogP contribution in [0.5, 0.6) is 0 Å². The van der Waals surface area contributed by atoms with Gasteiger partial charge in [0.05, 0.1) is 0 Å². The molecule has 1 N–H and O–H groups in total. The molecule has 0 aromatic heterocycles. The Morgan fingerprint density at radius 3 is 1.56 bits per heavy atom. The number of hydrogen-bond acceptors (Lipinski definition) is 2. The van der Waals surface area contributed by atoms with Gasteiger partial charge in [0.25, 0.3) is 0 Å². The van der Waals surface area contributed by atoms with Crippen molar-refractivity contribution < 1.29 is 0 Å². The molecule has 9 rings (SSSR count). The van der Waals surface area contributed by atoms with Crippen molar-refractivity contribution in [1.29, 1.82) is 0 Å². The first-order valence-electron chi connectivity index (χ1n) is 12.8. The lowest BCUT2D eigenvalue weighted by Crippen LogP contribution is -2.09. The van der Waals surface area contributed by atoms with Crippen LogP contribution >= 0.6 is 0 Å². The lowest BCUT2D eigenvalue weighted by molar-refractivity contribution is 0.923. The number of benzene rings is 5. The van der Waals surface area contributed by atoms with Crippen LogP contribution in [0.3, 0.4) is 0 Å². The van der Waals surface area contributed by atoms with Crippen LogP contribution in [0.1, 0.15) is 22.3 Å². The molecule has 0 saturated carbocycles. The number of nitrogens with zero attached hydrogens (tertiary/aromatic N) is 1. The first kappa shape index (κ1) is 22.2. The maximum atomic E-state index is 3.74. The molecule has 2 nitrogen and oxygen atoms in total. The van der Waals surface area contributed by atoms with E-state index in [1.54, 1.807) is 0 Å². The Morgan fingerprint density at radius 2 is 0.944 bits per heavy atom. The minimum atomic E-state index is 1.02. The Kier molecular flexibility index (Phi) is 6.24. The highest BCUT2D eigenvalue weighted by molar-refractivity contribution is 5.77. The van der Waals surface area contributed by atoms with Crippen molar-refractivity contribution >= 4 is 28.4 Å². The molecule has 5 aromatic carbocycles. The Balaban J connectivity index is 1.28. The third-order valence-electron chi connectivity index (χ3n) is 7.02. The van der Waals surface area contributed by atoms with Gasteiger partial charge >= 0.3 is 0 Å². The number of anilines is 5. The van der Waals surface area contributed by atoms with E-state index in [0.717, 1.165) is 48.4 Å². The highest BCUT2D eigenvalue weighted by Gasteiger charge is 2.13. The van der Waals surface area contributed by atoms with Gasteiger partial charge in [-0.1, -0.05) is 72.8 Å². The summed E-state index contributed by atoms with van der Waals surface area (Å²) in [4.78, 5) is 2.29. The maximum Gasteiger partial charge on any atom is 0.0463 e. The van der Waals surface area contributed by atoms with Gasteiger partial charge in [0.2, 0.25) is 0 Å². The maximum absolute atomic E-state index is 3.74. The molecule has 0 fully saturated rings. The summed E-state index contributed by atoms with van der Waals surface area (Å²) in [5.41, 5.74) is 11.3. The van der Waals surface area contributed by atoms with E-state index in [1.165, 1.54) is 27.9 Å². The number of para-hydroxylation sites is 2. The highest BCUT2D eigenvalue weighted by Crippen LogP contribution is 2.35. The zero-order valence-corrected chi connectivity index (χ0v) is 20.4. The van der Waals surface area contributed by atoms with Crippen LogP contribution in [0.2, 0.25) is 0 Å². The van der Waals surface area contributed by atoms with Crippen LogP contribution in [-0.2, 0) is 25.7 Å². The molecular weight excluding hydrogens is 436 g/mol. The molecule has 0 radical (unpaired) electrons. The van der Waals surface area contributed by atoms with Crippen LogP contribution in [0.15, 0.2) is 127 Å². The highest BCUT2D eigenvalue weighted by atomic mass is 15.1. The van der Waals surface area contributed by atoms with Gasteiger partial charge < -0.3 is 10.2 Å². The predicted molar refractivity (Wildman–Crippen MR) is 152 cm³/mol. The molecule has 0 atom stereocenters. The molecule has 0 heterocycles. The van der Waals surface area contributed by atoms with Crippen LogP contribution in [0.4, 0.5) is 28.4 Å². The van der Waals surface area contributed by atoms with Crippen molar-refractivity contribution in [2.75, 3.05) is 10.2 Å². The van der Waals surface area contributed by atoms with Crippen LogP contribution in [0.25, 0.3) is 0 Å². The van der Waals surface area contributed by atoms with E-state index in [0.29, 0.717) is 0 Å². The Morgan fingerprint density at radius 1 is 0.444 bits per heavy atom. The third kappa shape index (κ3) is 4.89. The summed E-state index contributed by atoms with van der Waals surface area (Å²) >= 11 is 0. The minimum absolute atomic E-state index is 1.02. The summed E-state index contributed by atoms with van der Waals surface area (Å²) < 4.78 is 0. The molecule has 176 valence electrons. The monoisotopic (exact) mass is 466 g/mol. The van der Waals surface area contributed by atoms with Crippen molar-refractivity contribution in [2.24, 2.45) is 0 Å². The molecule has 0 saturated heterocycles. The summed E-state index contributed by atoms with van der Waals surface area (Å²) in [6, 6.07) is 46.0. The molecule has 36 heavy (non-hydrogen) atoms. The van der Waals surface area contributed by atoms with Gasteiger partial charge in [-0.15, -0.1) is 0 Å². The van der Waals surface area contributed by atoms with Crippen molar-refractivity contribution in [3.8, 4) is 0 Å². The van der Waals surface area contributed by atoms with E-state index in [1.807, 2.05) is 0 Å². The number of nitrogens with one attached hydrogen (secondary N) is 1. The molecule has 5 aromatic rings. The standard InChI is InChI=1S/C34H30N2/c1-3-7-31(8-4-1)36(32-9-5-2-6-10-32)33-23-21-30(22-24-33)35-34-25-28-16-15-26-11-13-27(14-12-26)17-19-29(34)20-18-28/h1-14,18,20-25,35H,15-17,19H2. The summed E-state index contributed by atoms with van der Waals surface area (Å²) in [5, 5.41) is 3.74. The second-order valence-corrected chi connectivity index (χ2v) is 9.49. The molecular formula is C34H30N2. The van der Waals surface area contributed by atoms with Gasteiger partial charge in [-0.2, -0.15) is 0 Å². The Labute approximate surface area is 213 Å². The Hall–Kier alpha value is -4.30. The molecule has 0 spiro atoms. The van der Waals surface area contributed by atoms with E-state index in [4.69, 9.17) is 0 Å². The fourth-order valence-corrected chi connectivity index (χ4v) is 5.00.